The van der Waals surface area contributed by atoms with Crippen LogP contribution in [0.1, 0.15) is 0 Å². The van der Waals surface area contributed by atoms with E-state index in [1.165, 1.54) is 47.1 Å². The van der Waals surface area contributed by atoms with Crippen molar-refractivity contribution in [3.63, 3.8) is 0 Å². The van der Waals surface area contributed by atoms with Crippen molar-refractivity contribution < 1.29 is 4.42 Å². The number of furan rings is 1. The maximum Gasteiger partial charge on any atom is 0.197 e. The third kappa shape index (κ3) is 3.41. The van der Waals surface area contributed by atoms with Crippen LogP contribution in [-0.4, -0.2) is 14.5 Å². The molecule has 0 aliphatic carbocycles. The maximum atomic E-state index is 6.68. The number of para-hydroxylation sites is 2. The molecular weight excluding hydrogens is 595 g/mol. The molecule has 4 nitrogen and oxygen atoms in total. The zero-order chi connectivity index (χ0) is 30.6. The van der Waals surface area contributed by atoms with E-state index in [4.69, 9.17) is 14.4 Å². The Kier molecular flexibility index (Phi) is 4.96. The monoisotopic (exact) mass is 617 g/mol. The first kappa shape index (κ1) is 25.2. The van der Waals surface area contributed by atoms with Gasteiger partial charge >= 0.3 is 0 Å². The van der Waals surface area contributed by atoms with Crippen molar-refractivity contribution in [3.8, 4) is 17.2 Å². The number of thiophene rings is 1. The largest absolute Gasteiger partial charge is 0.450 e. The normalized spacial score (nSPS) is 12.3. The number of rotatable bonds is 2. The first-order valence-electron chi connectivity index (χ1n) is 15.8. The van der Waals surface area contributed by atoms with Crippen LogP contribution in [0.15, 0.2) is 144 Å². The molecule has 0 saturated carbocycles. The minimum Gasteiger partial charge on any atom is -0.450 e. The molecule has 11 aromatic rings. The molecule has 0 saturated heterocycles. The number of nitrogens with zero attached hydrogens (tertiary/aromatic N) is 3. The highest BCUT2D eigenvalue weighted by molar-refractivity contribution is 7.27. The van der Waals surface area contributed by atoms with Crippen LogP contribution in [0, 0.1) is 0 Å². The zero-order valence-electron chi connectivity index (χ0n) is 24.9. The van der Waals surface area contributed by atoms with E-state index in [1.807, 2.05) is 29.5 Å². The number of hydrogen-bond acceptors (Lipinski definition) is 4. The third-order valence-electron chi connectivity index (χ3n) is 9.57. The highest BCUT2D eigenvalue weighted by Gasteiger charge is 2.25. The topological polar surface area (TPSA) is 43.9 Å². The zero-order valence-corrected chi connectivity index (χ0v) is 25.8. The fraction of sp³-hybridized carbons (Fsp3) is 0. The smallest absolute Gasteiger partial charge is 0.197 e. The quantitative estimate of drug-likeness (QED) is 0.194. The molecule has 0 N–H and O–H groups in total. The van der Waals surface area contributed by atoms with E-state index in [-0.39, 0.29) is 0 Å². The van der Waals surface area contributed by atoms with E-state index < -0.39 is 0 Å². The number of fused-ring (bicyclic) bond motifs is 14. The summed E-state index contributed by atoms with van der Waals surface area (Å²) < 4.78 is 11.6. The van der Waals surface area contributed by atoms with Crippen molar-refractivity contribution in [3.05, 3.63) is 140 Å². The van der Waals surface area contributed by atoms with Gasteiger partial charge in [0.05, 0.1) is 11.0 Å². The molecular formula is C42H23N3OS. The van der Waals surface area contributed by atoms with Crippen LogP contribution in [0.3, 0.4) is 0 Å². The van der Waals surface area contributed by atoms with Crippen molar-refractivity contribution in [1.29, 1.82) is 0 Å². The molecule has 0 unspecified atom stereocenters. The number of benzene rings is 7. The van der Waals surface area contributed by atoms with E-state index in [0.717, 1.165) is 44.3 Å². The summed E-state index contributed by atoms with van der Waals surface area (Å²) in [5.41, 5.74) is 5.46. The number of aromatic nitrogens is 3. The second-order valence-corrected chi connectivity index (χ2v) is 13.2. The Morgan fingerprint density at radius 1 is 0.553 bits per heavy atom. The van der Waals surface area contributed by atoms with Crippen LogP contribution in [0.25, 0.3) is 103 Å². The van der Waals surface area contributed by atoms with Gasteiger partial charge in [-0.15, -0.1) is 11.3 Å². The Labute approximate surface area is 271 Å². The summed E-state index contributed by atoms with van der Waals surface area (Å²) in [6.07, 6.45) is 0. The highest BCUT2D eigenvalue weighted by Crippen LogP contribution is 2.48. The SMILES string of the molecule is c1ccc2cc(-c3nc(-n4c5ccccc5c5c6c7ccccc7sc6c6ccccc6c54)c4oc5ccccc5c4n3)ccc2c1. The summed E-state index contributed by atoms with van der Waals surface area (Å²) in [5, 5.41) is 10.7. The summed E-state index contributed by atoms with van der Waals surface area (Å²) in [4.78, 5) is 10.6. The Morgan fingerprint density at radius 2 is 1.26 bits per heavy atom. The Balaban J connectivity index is 1.37. The molecule has 5 heteroatoms. The average molecular weight is 618 g/mol. The fourth-order valence-corrected chi connectivity index (χ4v) is 8.77. The van der Waals surface area contributed by atoms with E-state index in [9.17, 15) is 0 Å². The lowest BCUT2D eigenvalue weighted by molar-refractivity contribution is 0.662. The first-order valence-corrected chi connectivity index (χ1v) is 16.6. The van der Waals surface area contributed by atoms with Crippen LogP contribution in [0.2, 0.25) is 0 Å². The van der Waals surface area contributed by atoms with Gasteiger partial charge in [-0.2, -0.15) is 0 Å². The Morgan fingerprint density at radius 3 is 2.15 bits per heavy atom. The minimum atomic E-state index is 0.669. The van der Waals surface area contributed by atoms with Crippen molar-refractivity contribution in [2.24, 2.45) is 0 Å². The van der Waals surface area contributed by atoms with Gasteiger partial charge in [0.15, 0.2) is 17.2 Å². The average Bonchev–Trinajstić information content (AvgIpc) is 3.81. The molecule has 0 spiro atoms. The molecule has 0 fully saturated rings. The van der Waals surface area contributed by atoms with E-state index >= 15 is 0 Å². The molecule has 0 amide bonds. The molecule has 218 valence electrons. The van der Waals surface area contributed by atoms with Gasteiger partial charge in [-0.05, 0) is 41.1 Å². The van der Waals surface area contributed by atoms with Crippen LogP contribution in [0.4, 0.5) is 0 Å². The molecule has 0 atom stereocenters. The third-order valence-corrected chi connectivity index (χ3v) is 10.8. The van der Waals surface area contributed by atoms with Crippen molar-refractivity contribution in [2.45, 2.75) is 0 Å². The van der Waals surface area contributed by atoms with Gasteiger partial charge in [-0.3, -0.25) is 4.57 Å². The minimum absolute atomic E-state index is 0.669. The first-order chi connectivity index (χ1) is 23.3. The summed E-state index contributed by atoms with van der Waals surface area (Å²) in [7, 11) is 0. The van der Waals surface area contributed by atoms with Crippen LogP contribution in [-0.2, 0) is 0 Å². The molecule has 0 aliphatic heterocycles. The van der Waals surface area contributed by atoms with Crippen LogP contribution >= 0.6 is 11.3 Å². The molecule has 0 aliphatic rings. The molecule has 4 aromatic heterocycles. The second kappa shape index (κ2) is 9.25. The molecule has 7 aromatic carbocycles. The summed E-state index contributed by atoms with van der Waals surface area (Å²) in [5.74, 6) is 1.41. The van der Waals surface area contributed by atoms with Gasteiger partial charge in [-0.1, -0.05) is 109 Å². The highest BCUT2D eigenvalue weighted by atomic mass is 32.1. The predicted octanol–water partition coefficient (Wildman–Crippen LogP) is 11.8. The van der Waals surface area contributed by atoms with E-state index in [2.05, 4.69) is 126 Å². The standard InChI is InChI=1S/C42H23N3OS/c1-2-12-25-23-26(22-21-24(25)11-1)41-43-37-30-16-6-9-19-33(30)46-39(37)42(44-41)45-32-18-8-5-15-29(32)35-36-31-17-7-10-20-34(31)47-40(36)28-14-4-3-13-27(28)38(35)45/h1-23H. The summed E-state index contributed by atoms with van der Waals surface area (Å²) in [6, 6.07) is 49.3. The van der Waals surface area contributed by atoms with Gasteiger partial charge in [0.25, 0.3) is 0 Å². The molecule has 0 bridgehead atoms. The molecule has 4 heterocycles. The van der Waals surface area contributed by atoms with Crippen molar-refractivity contribution in [2.75, 3.05) is 0 Å². The lowest BCUT2D eigenvalue weighted by Crippen LogP contribution is -2.02. The van der Waals surface area contributed by atoms with Gasteiger partial charge in [0.1, 0.15) is 11.1 Å². The van der Waals surface area contributed by atoms with Crippen molar-refractivity contribution >= 4 is 96.9 Å². The van der Waals surface area contributed by atoms with E-state index in [0.29, 0.717) is 11.4 Å². The maximum absolute atomic E-state index is 6.68. The fourth-order valence-electron chi connectivity index (χ4n) is 7.52. The Hall–Kier alpha value is -6.04. The Bertz CT molecular complexity index is 3090. The van der Waals surface area contributed by atoms with Crippen molar-refractivity contribution in [1.82, 2.24) is 14.5 Å². The summed E-state index contributed by atoms with van der Waals surface area (Å²) in [6.45, 7) is 0. The molecule has 0 radical (unpaired) electrons. The van der Waals surface area contributed by atoms with E-state index in [1.54, 1.807) is 0 Å². The second-order valence-electron chi connectivity index (χ2n) is 12.1. The van der Waals surface area contributed by atoms with Gasteiger partial charge in [0, 0.05) is 52.7 Å². The molecule has 47 heavy (non-hydrogen) atoms. The summed E-state index contributed by atoms with van der Waals surface area (Å²) >= 11 is 1.87. The van der Waals surface area contributed by atoms with Crippen LogP contribution in [0.5, 0.6) is 0 Å². The van der Waals surface area contributed by atoms with Gasteiger partial charge in [0.2, 0.25) is 0 Å². The lowest BCUT2D eigenvalue weighted by atomic mass is 10.00. The van der Waals surface area contributed by atoms with Gasteiger partial charge in [-0.25, -0.2) is 9.97 Å². The molecule has 11 rings (SSSR count). The van der Waals surface area contributed by atoms with Gasteiger partial charge < -0.3 is 4.42 Å². The number of hydrogen-bond donors (Lipinski definition) is 0. The lowest BCUT2D eigenvalue weighted by Gasteiger charge is -2.12. The van der Waals surface area contributed by atoms with Crippen LogP contribution < -0.4 is 0 Å². The predicted molar refractivity (Wildman–Crippen MR) is 197 cm³/mol.